The number of rotatable bonds is 6. The van der Waals surface area contributed by atoms with E-state index in [4.69, 9.17) is 4.74 Å². The first-order valence-electron chi connectivity index (χ1n) is 9.86. The maximum Gasteiger partial charge on any atom is 0.116 e. The molecule has 0 aromatic heterocycles. The highest BCUT2D eigenvalue weighted by Crippen LogP contribution is 2.61. The molecule has 0 spiro atoms. The molecule has 1 fully saturated rings. The molecule has 29 heavy (non-hydrogen) atoms. The molecule has 3 heteroatoms. The van der Waals surface area contributed by atoms with Gasteiger partial charge in [-0.3, -0.25) is 0 Å². The Morgan fingerprint density at radius 3 is 0.862 bits per heavy atom. The quantitative estimate of drug-likeness (QED) is 0.323. The molecule has 0 radical (unpaired) electrons. The predicted octanol–water partition coefficient (Wildman–Crippen LogP) is 4.93. The fourth-order valence-electron chi connectivity index (χ4n) is 3.71. The van der Waals surface area contributed by atoms with Crippen LogP contribution >= 0.6 is 15.8 Å². The minimum atomic E-state index is -0.557. The van der Waals surface area contributed by atoms with E-state index in [1.807, 2.05) is 0 Å². The van der Waals surface area contributed by atoms with Gasteiger partial charge in [0.15, 0.2) is 0 Å². The summed E-state index contributed by atoms with van der Waals surface area (Å²) in [5, 5.41) is 5.55. The van der Waals surface area contributed by atoms with Crippen LogP contribution in [0.25, 0.3) is 0 Å². The highest BCUT2D eigenvalue weighted by molar-refractivity contribution is 7.78. The Bertz CT molecular complexity index is 873. The van der Waals surface area contributed by atoms with E-state index in [1.165, 1.54) is 21.2 Å². The van der Waals surface area contributed by atoms with Gasteiger partial charge in [-0.2, -0.15) is 0 Å². The molecule has 0 aliphatic carbocycles. The van der Waals surface area contributed by atoms with Gasteiger partial charge in [0, 0.05) is 0 Å². The first kappa shape index (κ1) is 18.7. The monoisotopic (exact) mass is 412 g/mol. The highest BCUT2D eigenvalue weighted by atomic mass is 31.1. The maximum absolute atomic E-state index is 6.52. The zero-order valence-corrected chi connectivity index (χ0v) is 17.8. The largest absolute Gasteiger partial charge is 0.358 e. The highest BCUT2D eigenvalue weighted by Gasteiger charge is 2.51. The lowest BCUT2D eigenvalue weighted by atomic mass is 10.4. The topological polar surface area (TPSA) is 12.5 Å². The molecule has 5 rings (SSSR count). The van der Waals surface area contributed by atoms with Crippen LogP contribution in [0.3, 0.4) is 0 Å². The van der Waals surface area contributed by atoms with Crippen molar-refractivity contribution in [3.8, 4) is 0 Å². The predicted molar refractivity (Wildman–Crippen MR) is 127 cm³/mol. The maximum atomic E-state index is 6.52. The summed E-state index contributed by atoms with van der Waals surface area (Å²) >= 11 is 0. The molecule has 1 saturated heterocycles. The summed E-state index contributed by atoms with van der Waals surface area (Å²) in [6.45, 7) is 0. The lowest BCUT2D eigenvalue weighted by Crippen LogP contribution is -2.19. The van der Waals surface area contributed by atoms with Crippen LogP contribution in [-0.2, 0) is 4.74 Å². The van der Waals surface area contributed by atoms with E-state index in [0.717, 1.165) is 0 Å². The summed E-state index contributed by atoms with van der Waals surface area (Å²) in [6.07, 6.45) is 0. The Morgan fingerprint density at radius 1 is 0.379 bits per heavy atom. The number of hydrogen-bond acceptors (Lipinski definition) is 1. The van der Waals surface area contributed by atoms with Crippen molar-refractivity contribution in [3.05, 3.63) is 121 Å². The average molecular weight is 412 g/mol. The molecule has 1 aliphatic rings. The van der Waals surface area contributed by atoms with Gasteiger partial charge >= 0.3 is 0 Å². The van der Waals surface area contributed by atoms with Gasteiger partial charge in [0.1, 0.15) is 11.7 Å². The molecule has 1 aliphatic heterocycles. The number of ether oxygens (including phenoxy) is 1. The zero-order valence-electron chi connectivity index (χ0n) is 16.0. The average Bonchev–Trinajstić information content (AvgIpc) is 3.57. The lowest BCUT2D eigenvalue weighted by molar-refractivity contribution is 0.443. The van der Waals surface area contributed by atoms with Crippen LogP contribution in [0.2, 0.25) is 0 Å². The summed E-state index contributed by atoms with van der Waals surface area (Å²) in [7, 11) is -1.11. The first-order valence-corrected chi connectivity index (χ1v) is 12.7. The van der Waals surface area contributed by atoms with Crippen molar-refractivity contribution in [2.45, 2.75) is 11.7 Å². The van der Waals surface area contributed by atoms with Gasteiger partial charge in [0.2, 0.25) is 0 Å². The second kappa shape index (κ2) is 8.60. The van der Waals surface area contributed by atoms with Crippen molar-refractivity contribution in [3.63, 3.8) is 0 Å². The van der Waals surface area contributed by atoms with Gasteiger partial charge in [-0.1, -0.05) is 121 Å². The Hall–Kier alpha value is -2.30. The molecule has 1 heterocycles. The van der Waals surface area contributed by atoms with Crippen LogP contribution in [0.1, 0.15) is 0 Å². The van der Waals surface area contributed by atoms with E-state index >= 15 is 0 Å². The SMILES string of the molecule is c1ccc(P(c2ccccc2)C2OC2P(c2ccccc2)c2ccccc2)cc1. The fourth-order valence-corrected chi connectivity index (χ4v) is 9.37. The minimum absolute atomic E-state index is 0.251. The molecule has 0 amide bonds. The minimum Gasteiger partial charge on any atom is -0.358 e. The smallest absolute Gasteiger partial charge is 0.116 e. The second-order valence-corrected chi connectivity index (χ2v) is 11.6. The normalized spacial score (nSPS) is 18.1. The third-order valence-electron chi connectivity index (χ3n) is 5.09. The van der Waals surface area contributed by atoms with Gasteiger partial charge in [0.25, 0.3) is 0 Å². The van der Waals surface area contributed by atoms with Crippen LogP contribution in [0.4, 0.5) is 0 Å². The van der Waals surface area contributed by atoms with Crippen molar-refractivity contribution in [1.29, 1.82) is 0 Å². The summed E-state index contributed by atoms with van der Waals surface area (Å²) in [5.41, 5.74) is 0. The molecule has 2 unspecified atom stereocenters. The summed E-state index contributed by atoms with van der Waals surface area (Å²) < 4.78 is 6.52. The summed E-state index contributed by atoms with van der Waals surface area (Å²) in [4.78, 5) is 0. The summed E-state index contributed by atoms with van der Waals surface area (Å²) in [5.74, 6) is 0.502. The molecule has 1 nitrogen and oxygen atoms in total. The molecule has 0 saturated carbocycles. The second-order valence-electron chi connectivity index (χ2n) is 7.00. The van der Waals surface area contributed by atoms with Crippen LogP contribution in [0, 0.1) is 0 Å². The van der Waals surface area contributed by atoms with Gasteiger partial charge in [0.05, 0.1) is 0 Å². The van der Waals surface area contributed by atoms with Gasteiger partial charge in [-0.05, 0) is 37.1 Å². The number of hydrogen-bond donors (Lipinski definition) is 0. The van der Waals surface area contributed by atoms with Crippen molar-refractivity contribution in [2.75, 3.05) is 0 Å². The third kappa shape index (κ3) is 4.05. The van der Waals surface area contributed by atoms with E-state index < -0.39 is 15.8 Å². The van der Waals surface area contributed by atoms with E-state index in [-0.39, 0.29) is 11.7 Å². The van der Waals surface area contributed by atoms with E-state index in [9.17, 15) is 0 Å². The Balaban J connectivity index is 1.53. The van der Waals surface area contributed by atoms with E-state index in [0.29, 0.717) is 0 Å². The fraction of sp³-hybridized carbons (Fsp3) is 0.0769. The Morgan fingerprint density at radius 2 is 0.621 bits per heavy atom. The van der Waals surface area contributed by atoms with Crippen molar-refractivity contribution in [2.24, 2.45) is 0 Å². The molecular formula is C26H22OP2. The Labute approximate surface area is 174 Å². The molecule has 0 N–H and O–H groups in total. The third-order valence-corrected chi connectivity index (χ3v) is 10.5. The van der Waals surface area contributed by atoms with Gasteiger partial charge in [-0.25, -0.2) is 0 Å². The van der Waals surface area contributed by atoms with Gasteiger partial charge in [-0.15, -0.1) is 0 Å². The summed E-state index contributed by atoms with van der Waals surface area (Å²) in [6, 6.07) is 43.5. The van der Waals surface area contributed by atoms with Crippen LogP contribution in [0.5, 0.6) is 0 Å². The van der Waals surface area contributed by atoms with Gasteiger partial charge < -0.3 is 4.74 Å². The van der Waals surface area contributed by atoms with Crippen LogP contribution < -0.4 is 21.2 Å². The standard InChI is InChI=1S/C26H22OP2/c1-5-13-21(14-6-1)28(22-15-7-2-8-16-22)25-26(27-25)29(23-17-9-3-10-18-23)24-19-11-4-12-20-24/h1-20,25-26H. The molecule has 142 valence electrons. The molecule has 4 aromatic carbocycles. The van der Waals surface area contributed by atoms with Crippen molar-refractivity contribution >= 4 is 37.1 Å². The molecule has 0 bridgehead atoms. The lowest BCUT2D eigenvalue weighted by Gasteiger charge is -2.20. The number of benzene rings is 4. The molecule has 2 atom stereocenters. The van der Waals surface area contributed by atoms with Crippen LogP contribution in [0.15, 0.2) is 121 Å². The Kier molecular flexibility index (Phi) is 5.55. The number of epoxide rings is 1. The molecule has 4 aromatic rings. The van der Waals surface area contributed by atoms with Crippen molar-refractivity contribution < 1.29 is 4.74 Å². The van der Waals surface area contributed by atoms with Crippen LogP contribution in [-0.4, -0.2) is 11.7 Å². The first-order chi connectivity index (χ1) is 14.4. The van der Waals surface area contributed by atoms with E-state index in [1.54, 1.807) is 0 Å². The molecular weight excluding hydrogens is 390 g/mol. The zero-order chi connectivity index (χ0) is 19.5. The van der Waals surface area contributed by atoms with E-state index in [2.05, 4.69) is 121 Å². The van der Waals surface area contributed by atoms with Crippen molar-refractivity contribution in [1.82, 2.24) is 0 Å².